The molecule has 1 aliphatic carbocycles. The van der Waals surface area contributed by atoms with Crippen molar-refractivity contribution in [3.8, 4) is 27.9 Å². The molecule has 44 heavy (non-hydrogen) atoms. The lowest BCUT2D eigenvalue weighted by Crippen LogP contribution is -2.17. The third kappa shape index (κ3) is 6.56. The maximum Gasteiger partial charge on any atom is 0.166 e. The fraction of sp³-hybridized carbons (Fsp3) is 0.488. The van der Waals surface area contributed by atoms with E-state index in [-0.39, 0.29) is 21.7 Å². The predicted molar refractivity (Wildman–Crippen MR) is 197 cm³/mol. The van der Waals surface area contributed by atoms with Gasteiger partial charge >= 0.3 is 0 Å². The molecule has 0 radical (unpaired) electrons. The highest BCUT2D eigenvalue weighted by atomic mass is 32.1. The fourth-order valence-corrected chi connectivity index (χ4v) is 7.81. The Kier molecular flexibility index (Phi) is 8.51. The zero-order valence-corrected chi connectivity index (χ0v) is 30.9. The van der Waals surface area contributed by atoms with Crippen LogP contribution in [0.25, 0.3) is 27.9 Å². The van der Waals surface area contributed by atoms with Gasteiger partial charge in [-0.2, -0.15) is 0 Å². The largest absolute Gasteiger partial charge is 0.294 e. The van der Waals surface area contributed by atoms with E-state index in [0.717, 1.165) is 16.8 Å². The van der Waals surface area contributed by atoms with E-state index in [2.05, 4.69) is 142 Å². The molecule has 0 bridgehead atoms. The van der Waals surface area contributed by atoms with E-state index in [4.69, 9.17) is 12.2 Å². The van der Waals surface area contributed by atoms with Gasteiger partial charge in [0, 0.05) is 21.7 Å². The van der Waals surface area contributed by atoms with Gasteiger partial charge in [-0.15, -0.1) is 11.3 Å². The van der Waals surface area contributed by atoms with E-state index >= 15 is 0 Å². The average molecular weight is 624 g/mol. The SMILES string of the molecule is CC(C)(C)c1cc(-c2cccc(-c3cc(C(C)(C)C)cc(C(C)(C)C)c3)c2-n2c3c(sc2=S)CCCC3)cc(C(C)(C)C)c1. The molecule has 0 fully saturated rings. The second-order valence-electron chi connectivity index (χ2n) is 17.1. The van der Waals surface area contributed by atoms with Crippen LogP contribution >= 0.6 is 23.6 Å². The summed E-state index contributed by atoms with van der Waals surface area (Å²) < 4.78 is 3.44. The minimum absolute atomic E-state index is 0.0360. The van der Waals surface area contributed by atoms with Gasteiger partial charge in [0.05, 0.1) is 5.69 Å². The van der Waals surface area contributed by atoms with Crippen LogP contribution < -0.4 is 0 Å². The van der Waals surface area contributed by atoms with E-state index in [0.29, 0.717) is 0 Å². The van der Waals surface area contributed by atoms with E-state index in [9.17, 15) is 0 Å². The van der Waals surface area contributed by atoms with Crippen molar-refractivity contribution in [1.82, 2.24) is 4.57 Å². The first-order valence-electron chi connectivity index (χ1n) is 16.4. The number of benzene rings is 3. The number of nitrogens with zero attached hydrogens (tertiary/aromatic N) is 1. The number of fused-ring (bicyclic) bond motifs is 1. The summed E-state index contributed by atoms with van der Waals surface area (Å²) in [7, 11) is 0. The van der Waals surface area contributed by atoms with Crippen LogP contribution in [0, 0.1) is 3.95 Å². The van der Waals surface area contributed by atoms with E-state index in [1.54, 1.807) is 0 Å². The molecule has 0 aliphatic heterocycles. The predicted octanol–water partition coefficient (Wildman–Crippen LogP) is 12.7. The maximum absolute atomic E-state index is 6.24. The van der Waals surface area contributed by atoms with Crippen molar-refractivity contribution in [3.63, 3.8) is 0 Å². The van der Waals surface area contributed by atoms with Gasteiger partial charge in [-0.05, 0) is 92.9 Å². The van der Waals surface area contributed by atoms with E-state index in [1.165, 1.54) is 73.6 Å². The number of aryl methyl sites for hydroxylation is 1. The van der Waals surface area contributed by atoms with Crippen LogP contribution in [0.15, 0.2) is 54.6 Å². The average Bonchev–Trinajstić information content (AvgIpc) is 3.25. The molecule has 0 saturated carbocycles. The molecule has 0 amide bonds. The van der Waals surface area contributed by atoms with Gasteiger partial charge in [-0.25, -0.2) is 0 Å². The summed E-state index contributed by atoms with van der Waals surface area (Å²) in [5.41, 5.74) is 13.4. The topological polar surface area (TPSA) is 4.93 Å². The molecule has 0 saturated heterocycles. The zero-order chi connectivity index (χ0) is 32.4. The highest BCUT2D eigenvalue weighted by Gasteiger charge is 2.27. The van der Waals surface area contributed by atoms with Crippen LogP contribution in [0.3, 0.4) is 0 Å². The van der Waals surface area contributed by atoms with Gasteiger partial charge in [0.2, 0.25) is 0 Å². The molecular formula is C41H53NS2. The summed E-state index contributed by atoms with van der Waals surface area (Å²) in [4.78, 5) is 1.47. The Morgan fingerprint density at radius 1 is 0.568 bits per heavy atom. The first kappa shape index (κ1) is 32.9. The standard InChI is InChI=1S/C41H53NS2/c1-38(2,3)28-20-26(21-29(24-28)39(4,5)6)32-16-15-17-33(36(32)42-34-18-13-14-19-35(34)44-37(42)43)27-22-30(40(7,8)9)25-31(23-27)41(10,11)12/h15-17,20-25H,13-14,18-19H2,1-12H3. The van der Waals surface area contributed by atoms with E-state index < -0.39 is 0 Å². The van der Waals surface area contributed by atoms with Crippen molar-refractivity contribution in [3.05, 3.63) is 91.4 Å². The second-order valence-corrected chi connectivity index (χ2v) is 18.8. The second kappa shape index (κ2) is 11.4. The van der Waals surface area contributed by atoms with Crippen molar-refractivity contribution in [2.24, 2.45) is 0 Å². The van der Waals surface area contributed by atoms with Crippen LogP contribution in [0.1, 0.15) is 129 Å². The van der Waals surface area contributed by atoms with E-state index in [1.807, 2.05) is 11.3 Å². The molecular weight excluding hydrogens is 571 g/mol. The van der Waals surface area contributed by atoms with Gasteiger partial charge in [0.15, 0.2) is 3.95 Å². The highest BCUT2D eigenvalue weighted by Crippen LogP contribution is 2.44. The third-order valence-electron chi connectivity index (χ3n) is 9.26. The molecule has 0 spiro atoms. The van der Waals surface area contributed by atoms with Crippen molar-refractivity contribution < 1.29 is 0 Å². The van der Waals surface area contributed by atoms with Crippen molar-refractivity contribution in [2.75, 3.05) is 0 Å². The lowest BCUT2D eigenvalue weighted by Gasteiger charge is -2.28. The Labute approximate surface area is 276 Å². The van der Waals surface area contributed by atoms with Crippen molar-refractivity contribution >= 4 is 23.6 Å². The number of hydrogen-bond acceptors (Lipinski definition) is 2. The summed E-state index contributed by atoms with van der Waals surface area (Å²) in [6.45, 7) is 27.9. The molecule has 1 heterocycles. The smallest absolute Gasteiger partial charge is 0.166 e. The van der Waals surface area contributed by atoms with Gasteiger partial charge in [0.25, 0.3) is 0 Å². The monoisotopic (exact) mass is 623 g/mol. The Bertz CT molecular complexity index is 1590. The molecule has 1 aliphatic rings. The molecule has 1 nitrogen and oxygen atoms in total. The lowest BCUT2D eigenvalue weighted by atomic mass is 9.77. The fourth-order valence-electron chi connectivity index (χ4n) is 6.24. The Balaban J connectivity index is 1.92. The molecule has 3 heteroatoms. The minimum atomic E-state index is 0.0360. The molecule has 1 aromatic heterocycles. The van der Waals surface area contributed by atoms with Gasteiger partial charge in [-0.1, -0.05) is 138 Å². The number of para-hydroxylation sites is 1. The van der Waals surface area contributed by atoms with Crippen molar-refractivity contribution in [2.45, 2.75) is 130 Å². The first-order valence-corrected chi connectivity index (χ1v) is 17.7. The molecule has 5 rings (SSSR count). The first-order chi connectivity index (χ1) is 20.2. The molecule has 0 N–H and O–H groups in total. The zero-order valence-electron chi connectivity index (χ0n) is 29.3. The van der Waals surface area contributed by atoms with Gasteiger partial charge in [-0.3, -0.25) is 4.57 Å². The number of rotatable bonds is 3. The Morgan fingerprint density at radius 3 is 1.34 bits per heavy atom. The van der Waals surface area contributed by atoms with Crippen LogP contribution in [-0.2, 0) is 34.5 Å². The lowest BCUT2D eigenvalue weighted by molar-refractivity contribution is 0.568. The van der Waals surface area contributed by atoms with Crippen LogP contribution in [0.4, 0.5) is 0 Å². The normalized spacial score (nSPS) is 14.5. The van der Waals surface area contributed by atoms with Crippen LogP contribution in [-0.4, -0.2) is 4.57 Å². The highest BCUT2D eigenvalue weighted by molar-refractivity contribution is 7.73. The Morgan fingerprint density at radius 2 is 0.955 bits per heavy atom. The van der Waals surface area contributed by atoms with Crippen molar-refractivity contribution in [1.29, 1.82) is 0 Å². The van der Waals surface area contributed by atoms with Gasteiger partial charge < -0.3 is 0 Å². The number of hydrogen-bond donors (Lipinski definition) is 0. The maximum atomic E-state index is 6.24. The number of aromatic nitrogens is 1. The van der Waals surface area contributed by atoms with Crippen LogP contribution in [0.2, 0.25) is 0 Å². The minimum Gasteiger partial charge on any atom is -0.294 e. The molecule has 4 aromatic rings. The summed E-state index contributed by atoms with van der Waals surface area (Å²) in [6, 6.07) is 21.5. The summed E-state index contributed by atoms with van der Waals surface area (Å²) in [6.07, 6.45) is 4.69. The van der Waals surface area contributed by atoms with Crippen LogP contribution in [0.5, 0.6) is 0 Å². The summed E-state index contributed by atoms with van der Waals surface area (Å²) in [5.74, 6) is 0. The Hall–Kier alpha value is -2.49. The molecule has 234 valence electrons. The third-order valence-corrected chi connectivity index (χ3v) is 10.7. The molecule has 0 unspecified atom stereocenters. The summed E-state index contributed by atoms with van der Waals surface area (Å²) in [5, 5.41) is 0. The summed E-state index contributed by atoms with van der Waals surface area (Å²) >= 11 is 8.07. The molecule has 0 atom stereocenters. The van der Waals surface area contributed by atoms with Gasteiger partial charge in [0.1, 0.15) is 0 Å². The number of thiazole rings is 1. The molecule has 3 aromatic carbocycles. The quantitative estimate of drug-likeness (QED) is 0.206.